The predicted octanol–water partition coefficient (Wildman–Crippen LogP) is 2.60. The highest BCUT2D eigenvalue weighted by molar-refractivity contribution is 5.81. The predicted molar refractivity (Wildman–Crippen MR) is 98.1 cm³/mol. The van der Waals surface area contributed by atoms with Crippen LogP contribution in [0.4, 0.5) is 0 Å². The van der Waals surface area contributed by atoms with Crippen molar-refractivity contribution in [1.29, 1.82) is 0 Å². The molecule has 1 unspecified atom stereocenters. The zero-order chi connectivity index (χ0) is 19.2. The van der Waals surface area contributed by atoms with E-state index in [0.717, 1.165) is 11.1 Å². The number of rotatable bonds is 4. The number of carbonyl (C=O) groups is 2. The minimum atomic E-state index is -0.885. The highest BCUT2D eigenvalue weighted by Crippen LogP contribution is 2.37. The number of ether oxygens (including phenoxy) is 2. The van der Waals surface area contributed by atoms with Gasteiger partial charge in [-0.25, -0.2) is 0 Å². The second-order valence-electron chi connectivity index (χ2n) is 6.64. The Bertz CT molecular complexity index is 614. The van der Waals surface area contributed by atoms with Gasteiger partial charge < -0.3 is 19.9 Å². The van der Waals surface area contributed by atoms with E-state index in [1.165, 1.54) is 6.92 Å². The Labute approximate surface area is 154 Å². The van der Waals surface area contributed by atoms with Gasteiger partial charge in [0.25, 0.3) is 0 Å². The molecule has 144 valence electrons. The first-order valence-corrected chi connectivity index (χ1v) is 9.27. The minimum Gasteiger partial charge on any atom is -0.481 e. The quantitative estimate of drug-likeness (QED) is 0.859. The molecular weight excluding hydrogens is 334 g/mol. The van der Waals surface area contributed by atoms with Crippen LogP contribution in [0.2, 0.25) is 0 Å². The van der Waals surface area contributed by atoms with Crippen molar-refractivity contribution in [3.05, 3.63) is 35.4 Å². The standard InChI is InChI=1S/C18H23NO5.C2H6/c1-13(20)19-18(8-11-24-12-18)15-4-2-14(3-5-15)17(16(21)22)6-9-23-10-7-17;1-2/h2-5H,6-12H2,1H3,(H,19,20)(H,21,22);1-2H3. The summed E-state index contributed by atoms with van der Waals surface area (Å²) in [6, 6.07) is 7.58. The fraction of sp³-hybridized carbons (Fsp3) is 0.600. The molecule has 0 bridgehead atoms. The van der Waals surface area contributed by atoms with Crippen LogP contribution in [-0.4, -0.2) is 43.4 Å². The number of benzene rings is 1. The number of carboxylic acids is 1. The number of carboxylic acid groups (broad SMARTS) is 1. The van der Waals surface area contributed by atoms with E-state index in [2.05, 4.69) is 5.32 Å². The molecule has 0 aromatic heterocycles. The Morgan fingerprint density at radius 1 is 0.962 bits per heavy atom. The van der Waals surface area contributed by atoms with Crippen LogP contribution in [0.1, 0.15) is 51.2 Å². The number of amides is 1. The maximum atomic E-state index is 11.9. The summed E-state index contributed by atoms with van der Waals surface area (Å²) >= 11 is 0. The van der Waals surface area contributed by atoms with Gasteiger partial charge in [-0.2, -0.15) is 0 Å². The number of hydrogen-bond acceptors (Lipinski definition) is 4. The highest BCUT2D eigenvalue weighted by Gasteiger charge is 2.43. The van der Waals surface area contributed by atoms with Crippen LogP contribution in [0, 0.1) is 0 Å². The van der Waals surface area contributed by atoms with Crippen molar-refractivity contribution in [1.82, 2.24) is 5.32 Å². The lowest BCUT2D eigenvalue weighted by Crippen LogP contribution is -2.45. The lowest BCUT2D eigenvalue weighted by atomic mass is 9.73. The van der Waals surface area contributed by atoms with Crippen molar-refractivity contribution < 1.29 is 24.2 Å². The van der Waals surface area contributed by atoms with Crippen molar-refractivity contribution >= 4 is 11.9 Å². The molecule has 26 heavy (non-hydrogen) atoms. The Hall–Kier alpha value is -1.92. The summed E-state index contributed by atoms with van der Waals surface area (Å²) in [6.45, 7) is 7.44. The van der Waals surface area contributed by atoms with Crippen molar-refractivity contribution in [3.63, 3.8) is 0 Å². The molecule has 3 rings (SSSR count). The topological polar surface area (TPSA) is 84.9 Å². The second kappa shape index (κ2) is 8.64. The average molecular weight is 363 g/mol. The Morgan fingerprint density at radius 2 is 1.50 bits per heavy atom. The maximum absolute atomic E-state index is 11.9. The van der Waals surface area contributed by atoms with Gasteiger partial charge in [0.1, 0.15) is 0 Å². The Morgan fingerprint density at radius 3 is 1.96 bits per heavy atom. The van der Waals surface area contributed by atoms with Crippen molar-refractivity contribution in [2.24, 2.45) is 0 Å². The molecule has 1 aromatic carbocycles. The maximum Gasteiger partial charge on any atom is 0.314 e. The lowest BCUT2D eigenvalue weighted by Gasteiger charge is -2.34. The van der Waals surface area contributed by atoms with Crippen LogP contribution in [0.5, 0.6) is 0 Å². The van der Waals surface area contributed by atoms with Crippen LogP contribution < -0.4 is 5.32 Å². The number of carbonyl (C=O) groups excluding carboxylic acids is 1. The molecule has 6 heteroatoms. The second-order valence-corrected chi connectivity index (χ2v) is 6.64. The van der Waals surface area contributed by atoms with Gasteiger partial charge in [-0.05, 0) is 24.0 Å². The third-order valence-corrected chi connectivity index (χ3v) is 5.18. The summed E-state index contributed by atoms with van der Waals surface area (Å²) in [6.07, 6.45) is 1.66. The smallest absolute Gasteiger partial charge is 0.314 e. The Balaban J connectivity index is 0.00000117. The fourth-order valence-electron chi connectivity index (χ4n) is 3.75. The molecule has 6 nitrogen and oxygen atoms in total. The molecule has 2 heterocycles. The molecule has 2 aliphatic rings. The molecule has 0 aliphatic carbocycles. The van der Waals surface area contributed by atoms with E-state index >= 15 is 0 Å². The first kappa shape index (κ1) is 20.4. The summed E-state index contributed by atoms with van der Waals surface area (Å²) in [4.78, 5) is 23.5. The van der Waals surface area contributed by atoms with Gasteiger partial charge in [-0.1, -0.05) is 38.1 Å². The van der Waals surface area contributed by atoms with E-state index in [0.29, 0.717) is 45.7 Å². The van der Waals surface area contributed by atoms with Crippen molar-refractivity contribution in [2.75, 3.05) is 26.4 Å². The third kappa shape index (κ3) is 3.91. The summed E-state index contributed by atoms with van der Waals surface area (Å²) in [5, 5.41) is 12.8. The first-order chi connectivity index (χ1) is 12.5. The number of nitrogens with one attached hydrogen (secondary N) is 1. The van der Waals surface area contributed by atoms with E-state index in [1.54, 1.807) is 0 Å². The van der Waals surface area contributed by atoms with Crippen LogP contribution in [0.3, 0.4) is 0 Å². The van der Waals surface area contributed by atoms with E-state index in [-0.39, 0.29) is 5.91 Å². The van der Waals surface area contributed by atoms with Gasteiger partial charge in [-0.15, -0.1) is 0 Å². The van der Waals surface area contributed by atoms with E-state index in [1.807, 2.05) is 38.1 Å². The fourth-order valence-corrected chi connectivity index (χ4v) is 3.75. The molecule has 2 aliphatic heterocycles. The molecule has 1 aromatic rings. The number of aliphatic carboxylic acids is 1. The SMILES string of the molecule is CC.CC(=O)NC1(c2ccc(C3(C(=O)O)CCOCC3)cc2)CCOC1. The molecule has 1 amide bonds. The van der Waals surface area contributed by atoms with Gasteiger partial charge in [0.2, 0.25) is 5.91 Å². The van der Waals surface area contributed by atoms with Crippen LogP contribution in [-0.2, 0) is 30.0 Å². The number of hydrogen-bond donors (Lipinski definition) is 2. The molecule has 1 atom stereocenters. The summed E-state index contributed by atoms with van der Waals surface area (Å²) in [5.74, 6) is -0.907. The van der Waals surface area contributed by atoms with Crippen LogP contribution in [0.15, 0.2) is 24.3 Å². The van der Waals surface area contributed by atoms with Crippen molar-refractivity contribution in [2.45, 2.75) is 51.0 Å². The van der Waals surface area contributed by atoms with Gasteiger partial charge in [0, 0.05) is 33.2 Å². The zero-order valence-electron chi connectivity index (χ0n) is 15.8. The van der Waals surface area contributed by atoms with E-state index in [4.69, 9.17) is 9.47 Å². The third-order valence-electron chi connectivity index (χ3n) is 5.18. The first-order valence-electron chi connectivity index (χ1n) is 9.27. The molecule has 0 radical (unpaired) electrons. The van der Waals surface area contributed by atoms with Gasteiger partial charge in [0.15, 0.2) is 0 Å². The van der Waals surface area contributed by atoms with Crippen LogP contribution in [0.25, 0.3) is 0 Å². The molecular formula is C20H29NO5. The molecule has 0 saturated carbocycles. The highest BCUT2D eigenvalue weighted by atomic mass is 16.5. The monoisotopic (exact) mass is 363 g/mol. The van der Waals surface area contributed by atoms with Crippen molar-refractivity contribution in [3.8, 4) is 0 Å². The average Bonchev–Trinajstić information content (AvgIpc) is 3.13. The summed E-state index contributed by atoms with van der Waals surface area (Å²) < 4.78 is 10.8. The molecule has 2 saturated heterocycles. The van der Waals surface area contributed by atoms with E-state index < -0.39 is 16.9 Å². The Kier molecular flexibility index (Phi) is 6.78. The largest absolute Gasteiger partial charge is 0.481 e. The molecule has 2 fully saturated rings. The van der Waals surface area contributed by atoms with Gasteiger partial charge >= 0.3 is 5.97 Å². The summed E-state index contributed by atoms with van der Waals surface area (Å²) in [7, 11) is 0. The minimum absolute atomic E-state index is 0.101. The normalized spacial score (nSPS) is 24.3. The molecule has 0 spiro atoms. The van der Waals surface area contributed by atoms with Gasteiger partial charge in [0.05, 0.1) is 17.6 Å². The lowest BCUT2D eigenvalue weighted by molar-refractivity contribution is -0.147. The van der Waals surface area contributed by atoms with Crippen LogP contribution >= 0.6 is 0 Å². The zero-order valence-corrected chi connectivity index (χ0v) is 15.8. The van der Waals surface area contributed by atoms with Gasteiger partial charge in [-0.3, -0.25) is 9.59 Å². The molecule has 2 N–H and O–H groups in total. The summed E-state index contributed by atoms with van der Waals surface area (Å²) in [5.41, 5.74) is 0.339. The van der Waals surface area contributed by atoms with E-state index in [9.17, 15) is 14.7 Å².